The number of piperazine rings is 1. The van der Waals surface area contributed by atoms with Crippen LogP contribution in [0.2, 0.25) is 0 Å². The molecule has 4 N–H and O–H groups in total. The molecule has 0 bridgehead atoms. The number of halogens is 1. The van der Waals surface area contributed by atoms with Crippen molar-refractivity contribution in [3.05, 3.63) is 45.8 Å². The third-order valence-electron chi connectivity index (χ3n) is 6.06. The molecule has 7 nitrogen and oxygen atoms in total. The molecule has 1 unspecified atom stereocenters. The lowest BCUT2D eigenvalue weighted by Crippen LogP contribution is -2.44. The van der Waals surface area contributed by atoms with Crippen molar-refractivity contribution < 1.29 is 9.18 Å². The minimum absolute atomic E-state index is 0.0586. The molecule has 162 valence electrons. The van der Waals surface area contributed by atoms with Crippen molar-refractivity contribution in [2.75, 3.05) is 36.8 Å². The summed E-state index contributed by atoms with van der Waals surface area (Å²) in [6, 6.07) is 3.59. The standard InChI is InChI=1S/C22H25FN6OS/c1-12-11-26-19-18(24)20(31-22(19)27-12)21(30)28-15-3-2-13-10-17(16(23)9-14(13)8-15)29-6-4-25-5-7-29/h9-11,15,25H,2-8,24H2,1H3,(H,28,30). The third kappa shape index (κ3) is 3.83. The van der Waals surface area contributed by atoms with Gasteiger partial charge in [-0.2, -0.15) is 0 Å². The number of nitrogens with zero attached hydrogens (tertiary/aromatic N) is 3. The summed E-state index contributed by atoms with van der Waals surface area (Å²) in [4.78, 5) is 24.8. The number of hydrogen-bond acceptors (Lipinski definition) is 7. The van der Waals surface area contributed by atoms with Gasteiger partial charge >= 0.3 is 0 Å². The second-order valence-corrected chi connectivity index (χ2v) is 9.23. The molecule has 2 aliphatic rings. The fourth-order valence-corrected chi connectivity index (χ4v) is 5.43. The highest BCUT2D eigenvalue weighted by Crippen LogP contribution is 2.32. The van der Waals surface area contributed by atoms with E-state index in [0.717, 1.165) is 50.3 Å². The van der Waals surface area contributed by atoms with Crippen LogP contribution in [0.3, 0.4) is 0 Å². The van der Waals surface area contributed by atoms with Crippen molar-refractivity contribution in [3.63, 3.8) is 0 Å². The first-order valence-corrected chi connectivity index (χ1v) is 11.4. The summed E-state index contributed by atoms with van der Waals surface area (Å²) in [7, 11) is 0. The highest BCUT2D eigenvalue weighted by Gasteiger charge is 2.26. The summed E-state index contributed by atoms with van der Waals surface area (Å²) >= 11 is 1.26. The third-order valence-corrected chi connectivity index (χ3v) is 7.14. The van der Waals surface area contributed by atoms with Crippen molar-refractivity contribution >= 4 is 39.0 Å². The second-order valence-electron chi connectivity index (χ2n) is 8.23. The molecule has 3 aromatic rings. The molecular weight excluding hydrogens is 415 g/mol. The molecule has 1 aromatic carbocycles. The molecule has 1 saturated heterocycles. The number of carbonyl (C=O) groups excluding carboxylic acids is 1. The normalized spacial score (nSPS) is 18.8. The number of aromatic nitrogens is 2. The van der Waals surface area contributed by atoms with Crippen LogP contribution in [0.4, 0.5) is 15.8 Å². The van der Waals surface area contributed by atoms with Crippen LogP contribution in [-0.4, -0.2) is 48.1 Å². The van der Waals surface area contributed by atoms with Gasteiger partial charge in [-0.25, -0.2) is 14.4 Å². The van der Waals surface area contributed by atoms with Gasteiger partial charge in [-0.1, -0.05) is 0 Å². The summed E-state index contributed by atoms with van der Waals surface area (Å²) in [5, 5.41) is 6.38. The fourth-order valence-electron chi connectivity index (χ4n) is 4.43. The minimum Gasteiger partial charge on any atom is -0.396 e. The van der Waals surface area contributed by atoms with E-state index in [-0.39, 0.29) is 17.8 Å². The number of nitrogens with two attached hydrogens (primary N) is 1. The molecular formula is C22H25FN6OS. The van der Waals surface area contributed by atoms with Crippen molar-refractivity contribution in [1.82, 2.24) is 20.6 Å². The minimum atomic E-state index is -0.216. The fraction of sp³-hybridized carbons (Fsp3) is 0.409. The van der Waals surface area contributed by atoms with E-state index >= 15 is 0 Å². The van der Waals surface area contributed by atoms with E-state index in [9.17, 15) is 9.18 Å². The lowest BCUT2D eigenvalue weighted by atomic mass is 9.87. The van der Waals surface area contributed by atoms with Gasteiger partial charge in [0.15, 0.2) is 0 Å². The average Bonchev–Trinajstić information content (AvgIpc) is 3.09. The first-order chi connectivity index (χ1) is 15.0. The number of carbonyl (C=O) groups is 1. The van der Waals surface area contributed by atoms with E-state index in [1.54, 1.807) is 12.3 Å². The number of nitrogens with one attached hydrogen (secondary N) is 2. The molecule has 1 aliphatic carbocycles. The van der Waals surface area contributed by atoms with Gasteiger partial charge in [-0.3, -0.25) is 4.79 Å². The Morgan fingerprint density at radius 1 is 1.32 bits per heavy atom. The van der Waals surface area contributed by atoms with Crippen LogP contribution in [-0.2, 0) is 12.8 Å². The van der Waals surface area contributed by atoms with Crippen LogP contribution in [0.15, 0.2) is 18.3 Å². The van der Waals surface area contributed by atoms with Crippen molar-refractivity contribution in [2.45, 2.75) is 32.2 Å². The topological polar surface area (TPSA) is 96.2 Å². The Bertz CT molecular complexity index is 1160. The lowest BCUT2D eigenvalue weighted by Gasteiger charge is -2.32. The molecule has 9 heteroatoms. The first-order valence-electron chi connectivity index (χ1n) is 10.6. The smallest absolute Gasteiger partial charge is 0.263 e. The second kappa shape index (κ2) is 8.05. The summed E-state index contributed by atoms with van der Waals surface area (Å²) in [6.07, 6.45) is 3.88. The van der Waals surface area contributed by atoms with E-state index < -0.39 is 0 Å². The van der Waals surface area contributed by atoms with E-state index in [4.69, 9.17) is 5.73 Å². The molecule has 1 amide bonds. The monoisotopic (exact) mass is 440 g/mol. The van der Waals surface area contributed by atoms with Gasteiger partial charge in [0, 0.05) is 38.4 Å². The zero-order valence-corrected chi connectivity index (χ0v) is 18.2. The predicted molar refractivity (Wildman–Crippen MR) is 121 cm³/mol. The Labute approximate surface area is 183 Å². The van der Waals surface area contributed by atoms with Gasteiger partial charge in [-0.05, 0) is 49.4 Å². The zero-order chi connectivity index (χ0) is 21.5. The number of anilines is 2. The van der Waals surface area contributed by atoms with E-state index in [0.29, 0.717) is 33.0 Å². The number of amides is 1. The molecule has 5 rings (SSSR count). The largest absolute Gasteiger partial charge is 0.396 e. The summed E-state index contributed by atoms with van der Waals surface area (Å²) in [5.74, 6) is -0.403. The molecule has 2 aromatic heterocycles. The summed E-state index contributed by atoms with van der Waals surface area (Å²) in [5.41, 5.74) is 10.7. The van der Waals surface area contributed by atoms with Crippen LogP contribution in [0.25, 0.3) is 10.3 Å². The van der Waals surface area contributed by atoms with E-state index in [1.165, 1.54) is 16.9 Å². The Morgan fingerprint density at radius 3 is 2.94 bits per heavy atom. The Balaban J connectivity index is 1.32. The van der Waals surface area contributed by atoms with Gasteiger partial charge in [0.05, 0.1) is 17.1 Å². The number of benzene rings is 1. The molecule has 0 radical (unpaired) electrons. The highest BCUT2D eigenvalue weighted by atomic mass is 32.1. The molecule has 1 fully saturated rings. The molecule has 1 atom stereocenters. The van der Waals surface area contributed by atoms with Crippen molar-refractivity contribution in [3.8, 4) is 0 Å². The SMILES string of the molecule is Cc1cnc2c(N)c(C(=O)NC3CCc4cc(N5CCNCC5)c(F)cc4C3)sc2n1. The van der Waals surface area contributed by atoms with Gasteiger partial charge in [-0.15, -0.1) is 11.3 Å². The molecule has 3 heterocycles. The van der Waals surface area contributed by atoms with Crippen molar-refractivity contribution in [1.29, 1.82) is 0 Å². The molecule has 1 aliphatic heterocycles. The summed E-state index contributed by atoms with van der Waals surface area (Å²) in [6.45, 7) is 5.23. The maximum absolute atomic E-state index is 14.8. The molecule has 31 heavy (non-hydrogen) atoms. The van der Waals surface area contributed by atoms with Crippen molar-refractivity contribution in [2.24, 2.45) is 0 Å². The van der Waals surface area contributed by atoms with Gasteiger partial charge in [0.1, 0.15) is 21.0 Å². The number of thiophene rings is 1. The van der Waals surface area contributed by atoms with Crippen LogP contribution < -0.4 is 21.3 Å². The van der Waals surface area contributed by atoms with Gasteiger partial charge < -0.3 is 21.3 Å². The van der Waals surface area contributed by atoms with Crippen LogP contribution in [0.5, 0.6) is 0 Å². The van der Waals surface area contributed by atoms with E-state index in [2.05, 4.69) is 25.5 Å². The maximum atomic E-state index is 14.8. The van der Waals surface area contributed by atoms with Gasteiger partial charge in [0.25, 0.3) is 5.91 Å². The number of hydrogen-bond donors (Lipinski definition) is 3. The first kappa shape index (κ1) is 20.1. The lowest BCUT2D eigenvalue weighted by molar-refractivity contribution is 0.0938. The molecule has 0 spiro atoms. The number of aryl methyl sites for hydroxylation is 2. The summed E-state index contributed by atoms with van der Waals surface area (Å²) < 4.78 is 14.8. The predicted octanol–water partition coefficient (Wildman–Crippen LogP) is 2.42. The van der Waals surface area contributed by atoms with E-state index in [1.807, 2.05) is 13.0 Å². The number of nitrogen functional groups attached to an aromatic ring is 1. The highest BCUT2D eigenvalue weighted by molar-refractivity contribution is 7.21. The van der Waals surface area contributed by atoms with Gasteiger partial charge in [0.2, 0.25) is 0 Å². The Morgan fingerprint density at radius 2 is 2.13 bits per heavy atom. The Kier molecular flexibility index (Phi) is 5.23. The van der Waals surface area contributed by atoms with Crippen LogP contribution in [0, 0.1) is 12.7 Å². The van der Waals surface area contributed by atoms with Crippen LogP contribution in [0.1, 0.15) is 32.9 Å². The van der Waals surface area contributed by atoms with Crippen LogP contribution >= 0.6 is 11.3 Å². The number of fused-ring (bicyclic) bond motifs is 2. The average molecular weight is 441 g/mol. The zero-order valence-electron chi connectivity index (χ0n) is 17.4. The maximum Gasteiger partial charge on any atom is 0.263 e. The molecule has 0 saturated carbocycles. The number of rotatable bonds is 3. The quantitative estimate of drug-likeness (QED) is 0.579. The Hall–Kier alpha value is -2.78.